The number of aliphatic hydroxyl groups excluding tert-OH is 1. The Morgan fingerprint density at radius 1 is 1.00 bits per heavy atom. The van der Waals surface area contributed by atoms with Crippen molar-refractivity contribution in [3.8, 4) is 0 Å². The van der Waals surface area contributed by atoms with E-state index in [1.807, 2.05) is 6.92 Å². The lowest BCUT2D eigenvalue weighted by atomic mass is 9.99. The molecule has 2 aromatic carbocycles. The van der Waals surface area contributed by atoms with Crippen molar-refractivity contribution < 1.29 is 19.8 Å². The normalized spacial score (nSPS) is 13.2. The van der Waals surface area contributed by atoms with Crippen LogP contribution < -0.4 is 5.32 Å². The molecule has 2 aromatic rings. The number of benzene rings is 2. The monoisotopic (exact) mass is 299 g/mol. The molecule has 2 atom stereocenters. The van der Waals surface area contributed by atoms with Crippen LogP contribution in [0.4, 0.5) is 0 Å². The van der Waals surface area contributed by atoms with Crippen LogP contribution in [0.15, 0.2) is 54.6 Å². The smallest absolute Gasteiger partial charge is 0.335 e. The van der Waals surface area contributed by atoms with Crippen molar-refractivity contribution in [2.75, 3.05) is 0 Å². The predicted molar refractivity (Wildman–Crippen MR) is 81.5 cm³/mol. The highest BCUT2D eigenvalue weighted by atomic mass is 16.4. The fourth-order valence-electron chi connectivity index (χ4n) is 2.08. The van der Waals surface area contributed by atoms with E-state index in [1.165, 1.54) is 0 Å². The summed E-state index contributed by atoms with van der Waals surface area (Å²) >= 11 is 0. The maximum absolute atomic E-state index is 12.2. The fourth-order valence-corrected chi connectivity index (χ4v) is 2.08. The predicted octanol–water partition coefficient (Wildman–Crippen LogP) is 1.91. The second-order valence-corrected chi connectivity index (χ2v) is 5.01. The Bertz CT molecular complexity index is 652. The molecule has 1 amide bonds. The van der Waals surface area contributed by atoms with E-state index in [1.54, 1.807) is 54.6 Å². The Kier molecular flexibility index (Phi) is 4.91. The molecule has 0 heterocycles. The standard InChI is InChI=1S/C17H17NO4/c1-11-7-9-12(10-8-11)14(15(19)17(21)22)18-16(20)13-5-3-2-4-6-13/h2-10,14-15,19H,1H3,(H,18,20)(H,21,22)/t14-,15+/m0/s1. The molecule has 2 rings (SSSR count). The van der Waals surface area contributed by atoms with Gasteiger partial charge in [0.15, 0.2) is 6.10 Å². The first-order valence-electron chi connectivity index (χ1n) is 6.82. The van der Waals surface area contributed by atoms with Crippen LogP contribution >= 0.6 is 0 Å². The quantitative estimate of drug-likeness (QED) is 0.787. The van der Waals surface area contributed by atoms with Crippen molar-refractivity contribution in [3.63, 3.8) is 0 Å². The van der Waals surface area contributed by atoms with Crippen molar-refractivity contribution in [2.24, 2.45) is 0 Å². The first-order chi connectivity index (χ1) is 10.5. The van der Waals surface area contributed by atoms with Crippen LogP contribution in [0.1, 0.15) is 27.5 Å². The van der Waals surface area contributed by atoms with E-state index >= 15 is 0 Å². The van der Waals surface area contributed by atoms with Gasteiger partial charge in [0, 0.05) is 5.56 Å². The summed E-state index contributed by atoms with van der Waals surface area (Å²) in [5, 5.41) is 21.5. The third kappa shape index (κ3) is 3.71. The van der Waals surface area contributed by atoms with Crippen LogP contribution in [0.2, 0.25) is 0 Å². The second-order valence-electron chi connectivity index (χ2n) is 5.01. The summed E-state index contributed by atoms with van der Waals surface area (Å²) < 4.78 is 0. The topological polar surface area (TPSA) is 86.6 Å². The van der Waals surface area contributed by atoms with Crippen molar-refractivity contribution in [2.45, 2.75) is 19.1 Å². The van der Waals surface area contributed by atoms with Crippen molar-refractivity contribution in [1.29, 1.82) is 0 Å². The molecule has 114 valence electrons. The molecule has 5 heteroatoms. The number of rotatable bonds is 5. The van der Waals surface area contributed by atoms with Crippen LogP contribution in [0.5, 0.6) is 0 Å². The molecular weight excluding hydrogens is 282 g/mol. The zero-order chi connectivity index (χ0) is 16.1. The number of carboxylic acid groups (broad SMARTS) is 1. The summed E-state index contributed by atoms with van der Waals surface area (Å²) in [5.74, 6) is -1.83. The molecule has 0 bridgehead atoms. The van der Waals surface area contributed by atoms with Crippen LogP contribution in [0.25, 0.3) is 0 Å². The van der Waals surface area contributed by atoms with Gasteiger partial charge in [-0.2, -0.15) is 0 Å². The van der Waals surface area contributed by atoms with Gasteiger partial charge in [-0.15, -0.1) is 0 Å². The number of hydrogen-bond donors (Lipinski definition) is 3. The lowest BCUT2D eigenvalue weighted by Gasteiger charge is -2.22. The average molecular weight is 299 g/mol. The van der Waals surface area contributed by atoms with Gasteiger partial charge in [0.25, 0.3) is 5.91 Å². The Hall–Kier alpha value is -2.66. The number of nitrogens with one attached hydrogen (secondary N) is 1. The van der Waals surface area contributed by atoms with Crippen LogP contribution in [0, 0.1) is 6.92 Å². The summed E-state index contributed by atoms with van der Waals surface area (Å²) in [7, 11) is 0. The number of hydrogen-bond acceptors (Lipinski definition) is 3. The minimum absolute atomic E-state index is 0.400. The summed E-state index contributed by atoms with van der Waals surface area (Å²) in [5.41, 5.74) is 1.93. The lowest BCUT2D eigenvalue weighted by molar-refractivity contribution is -0.148. The SMILES string of the molecule is Cc1ccc([C@H](NC(=O)c2ccccc2)[C@@H](O)C(=O)O)cc1. The van der Waals surface area contributed by atoms with Crippen LogP contribution in [-0.2, 0) is 4.79 Å². The largest absolute Gasteiger partial charge is 0.479 e. The molecule has 0 unspecified atom stereocenters. The van der Waals surface area contributed by atoms with Gasteiger partial charge in [-0.1, -0.05) is 48.0 Å². The molecule has 0 saturated heterocycles. The van der Waals surface area contributed by atoms with Gasteiger partial charge >= 0.3 is 5.97 Å². The van der Waals surface area contributed by atoms with Crippen LogP contribution in [-0.4, -0.2) is 28.2 Å². The molecule has 3 N–H and O–H groups in total. The fraction of sp³-hybridized carbons (Fsp3) is 0.176. The Morgan fingerprint density at radius 3 is 2.14 bits per heavy atom. The zero-order valence-corrected chi connectivity index (χ0v) is 12.1. The molecule has 0 fully saturated rings. The van der Waals surface area contributed by atoms with E-state index in [0.717, 1.165) is 5.56 Å². The summed E-state index contributed by atoms with van der Waals surface area (Å²) in [6.45, 7) is 1.90. The van der Waals surface area contributed by atoms with E-state index in [-0.39, 0.29) is 0 Å². The number of aliphatic carboxylic acids is 1. The first kappa shape index (κ1) is 15.7. The molecular formula is C17H17NO4. The highest BCUT2D eigenvalue weighted by molar-refractivity contribution is 5.94. The third-order valence-corrected chi connectivity index (χ3v) is 3.33. The van der Waals surface area contributed by atoms with E-state index in [9.17, 15) is 14.7 Å². The third-order valence-electron chi connectivity index (χ3n) is 3.33. The number of carbonyl (C=O) groups excluding carboxylic acids is 1. The van der Waals surface area contributed by atoms with E-state index < -0.39 is 24.0 Å². The maximum atomic E-state index is 12.2. The molecule has 22 heavy (non-hydrogen) atoms. The van der Waals surface area contributed by atoms with Gasteiger partial charge in [0.2, 0.25) is 0 Å². The Balaban J connectivity index is 2.27. The van der Waals surface area contributed by atoms with Crippen molar-refractivity contribution in [1.82, 2.24) is 5.32 Å². The summed E-state index contributed by atoms with van der Waals surface area (Å²) in [4.78, 5) is 23.3. The van der Waals surface area contributed by atoms with Crippen molar-refractivity contribution in [3.05, 3.63) is 71.3 Å². The number of aryl methyl sites for hydroxylation is 1. The van der Waals surface area contributed by atoms with Gasteiger partial charge < -0.3 is 15.5 Å². The van der Waals surface area contributed by atoms with E-state index in [2.05, 4.69) is 5.32 Å². The van der Waals surface area contributed by atoms with E-state index in [0.29, 0.717) is 11.1 Å². The van der Waals surface area contributed by atoms with Gasteiger partial charge in [-0.25, -0.2) is 4.79 Å². The minimum atomic E-state index is -1.73. The number of aliphatic hydroxyl groups is 1. The van der Waals surface area contributed by atoms with E-state index in [4.69, 9.17) is 5.11 Å². The molecule has 0 aliphatic heterocycles. The number of amides is 1. The Labute approximate surface area is 128 Å². The zero-order valence-electron chi connectivity index (χ0n) is 12.1. The molecule has 0 aromatic heterocycles. The van der Waals surface area contributed by atoms with Gasteiger partial charge in [-0.05, 0) is 24.6 Å². The van der Waals surface area contributed by atoms with Gasteiger partial charge in [0.05, 0.1) is 6.04 Å². The molecule has 0 aliphatic carbocycles. The lowest BCUT2D eigenvalue weighted by Crippen LogP contribution is -2.40. The highest BCUT2D eigenvalue weighted by Gasteiger charge is 2.29. The molecule has 0 aliphatic rings. The average Bonchev–Trinajstić information content (AvgIpc) is 2.53. The summed E-state index contributed by atoms with van der Waals surface area (Å²) in [6.07, 6.45) is -1.73. The highest BCUT2D eigenvalue weighted by Crippen LogP contribution is 2.19. The molecule has 0 spiro atoms. The minimum Gasteiger partial charge on any atom is -0.479 e. The summed E-state index contributed by atoms with van der Waals surface area (Å²) in [6, 6.07) is 14.4. The first-order valence-corrected chi connectivity index (χ1v) is 6.82. The molecule has 0 saturated carbocycles. The molecule has 0 radical (unpaired) electrons. The van der Waals surface area contributed by atoms with Crippen LogP contribution in [0.3, 0.4) is 0 Å². The van der Waals surface area contributed by atoms with Crippen molar-refractivity contribution >= 4 is 11.9 Å². The maximum Gasteiger partial charge on any atom is 0.335 e. The molecule has 5 nitrogen and oxygen atoms in total. The number of carbonyl (C=O) groups is 2. The van der Waals surface area contributed by atoms with Gasteiger partial charge in [0.1, 0.15) is 0 Å². The Morgan fingerprint density at radius 2 is 1.59 bits per heavy atom. The second kappa shape index (κ2) is 6.87. The van der Waals surface area contributed by atoms with Gasteiger partial charge in [-0.3, -0.25) is 4.79 Å². The number of carboxylic acids is 1.